The number of rotatable bonds is 2. The second-order valence-electron chi connectivity index (χ2n) is 4.68. The van der Waals surface area contributed by atoms with Crippen molar-refractivity contribution in [1.29, 1.82) is 0 Å². The second kappa shape index (κ2) is 9.74. The zero-order chi connectivity index (χ0) is 19.4. The number of carbonyl (C=O) groups excluding carboxylic acids is 1. The molecule has 0 aliphatic heterocycles. The van der Waals surface area contributed by atoms with E-state index in [-0.39, 0.29) is 69.6 Å². The molecular weight excluding hydrogens is 440 g/mol. The molecule has 25 heavy (non-hydrogen) atoms. The maximum atomic E-state index is 11.0. The number of primary amides is 1. The summed E-state index contributed by atoms with van der Waals surface area (Å²) in [5.41, 5.74) is 5.31. The van der Waals surface area contributed by atoms with Gasteiger partial charge in [0.05, 0.1) is 15.7 Å². The summed E-state index contributed by atoms with van der Waals surface area (Å²) < 4.78 is 22.6. The minimum atomic E-state index is -3.94. The molecule has 0 saturated heterocycles. The first-order valence-corrected chi connectivity index (χ1v) is 10.7. The molecule has 130 valence electrons. The first-order valence-electron chi connectivity index (χ1n) is 6.46. The molecule has 2 rings (SSSR count). The number of anilines is 1. The van der Waals surface area contributed by atoms with Crippen LogP contribution < -0.4 is 15.8 Å². The third-order valence-electron chi connectivity index (χ3n) is 2.78. The van der Waals surface area contributed by atoms with Gasteiger partial charge >= 0.3 is 123 Å². The van der Waals surface area contributed by atoms with Gasteiger partial charge in [0.2, 0.25) is 0 Å². The third-order valence-corrected chi connectivity index (χ3v) is 6.27. The quantitative estimate of drug-likeness (QED) is 0.520. The van der Waals surface area contributed by atoms with E-state index in [4.69, 9.17) is 45.7 Å². The average Bonchev–Trinajstić information content (AvgIpc) is 2.47. The SMILES string of the molecule is NC(=O)Nc1cccc(Cl)c1Cl.NS(=O)(=O)c1c(Cl)cc[c]([K])c1O. The van der Waals surface area contributed by atoms with Crippen LogP contribution in [0.5, 0.6) is 5.75 Å². The zero-order valence-electron chi connectivity index (χ0n) is 12.8. The summed E-state index contributed by atoms with van der Waals surface area (Å²) >= 11 is 17.2. The summed E-state index contributed by atoms with van der Waals surface area (Å²) in [5.74, 6) is -0.310. The maximum absolute atomic E-state index is 11.0. The second-order valence-corrected chi connectivity index (χ2v) is 9.05. The Balaban J connectivity index is 0.000000251. The van der Waals surface area contributed by atoms with Gasteiger partial charge in [-0.2, -0.15) is 0 Å². The van der Waals surface area contributed by atoms with Crippen LogP contribution in [0.2, 0.25) is 15.1 Å². The number of amides is 2. The van der Waals surface area contributed by atoms with Crippen LogP contribution in [-0.2, 0) is 10.0 Å². The third kappa shape index (κ3) is 6.87. The number of phenols is 1. The monoisotopic (exact) mass is 449 g/mol. The van der Waals surface area contributed by atoms with Crippen molar-refractivity contribution < 1.29 is 18.3 Å². The number of halogens is 3. The normalized spacial score (nSPS) is 10.6. The molecule has 0 aliphatic rings. The average molecular weight is 451 g/mol. The number of hydrogen-bond donors (Lipinski definition) is 4. The number of carbonyl (C=O) groups is 1. The van der Waals surface area contributed by atoms with Crippen LogP contribution in [0, 0.1) is 0 Å². The summed E-state index contributed by atoms with van der Waals surface area (Å²) in [7, 11) is -3.94. The van der Waals surface area contributed by atoms with E-state index >= 15 is 0 Å². The van der Waals surface area contributed by atoms with Crippen molar-refractivity contribution in [3.05, 3.63) is 45.4 Å². The number of primary sulfonamides is 1. The Bertz CT molecular complexity index is 910. The first-order chi connectivity index (χ1) is 11.4. The molecular formula is C13H11Cl3KN3O4S. The van der Waals surface area contributed by atoms with Crippen molar-refractivity contribution in [2.24, 2.45) is 10.9 Å². The molecule has 0 atom stereocenters. The minimum absolute atomic E-state index is 0.0481. The van der Waals surface area contributed by atoms with Gasteiger partial charge in [-0.3, -0.25) is 0 Å². The fraction of sp³-hybridized carbons (Fsp3) is 0. The summed E-state index contributed by atoms with van der Waals surface area (Å²) in [6.45, 7) is 0. The molecule has 0 radical (unpaired) electrons. The molecule has 0 bridgehead atoms. The number of aromatic hydroxyl groups is 1. The van der Waals surface area contributed by atoms with Gasteiger partial charge in [0.25, 0.3) is 0 Å². The van der Waals surface area contributed by atoms with Gasteiger partial charge in [-0.05, 0) is 12.1 Å². The van der Waals surface area contributed by atoms with Crippen molar-refractivity contribution in [1.82, 2.24) is 0 Å². The van der Waals surface area contributed by atoms with Gasteiger partial charge in [-0.25, -0.2) is 4.79 Å². The van der Waals surface area contributed by atoms with Gasteiger partial charge in [0.1, 0.15) is 0 Å². The number of sulfonamides is 1. The number of urea groups is 1. The van der Waals surface area contributed by atoms with Crippen LogP contribution >= 0.6 is 34.8 Å². The standard InChI is InChI=1S/C7H6Cl2N2O.C6H5ClNO3S.K/c8-4-2-1-3-5(6(4)9)11-7(10)12;7-4-2-1-3-5(9)6(4)12(8,10)11;/h1-3H,(H3,10,11,12);1-2,9H,(H2,8,10,11);. The van der Waals surface area contributed by atoms with E-state index in [1.165, 1.54) is 6.07 Å². The molecule has 2 aromatic rings. The first kappa shape index (κ1) is 23.0. The Morgan fingerprint density at radius 3 is 2.20 bits per heavy atom. The molecule has 0 saturated carbocycles. The summed E-state index contributed by atoms with van der Waals surface area (Å²) in [4.78, 5) is 10.1. The van der Waals surface area contributed by atoms with Gasteiger partial charge in [-0.1, -0.05) is 29.3 Å². The van der Waals surface area contributed by atoms with Gasteiger partial charge < -0.3 is 11.1 Å². The zero-order valence-corrected chi connectivity index (χ0v) is 19.0. The number of hydrogen-bond acceptors (Lipinski definition) is 4. The molecule has 2 aromatic carbocycles. The van der Waals surface area contributed by atoms with E-state index in [1.54, 1.807) is 24.3 Å². The van der Waals surface area contributed by atoms with Crippen LogP contribution in [-0.4, -0.2) is 68.5 Å². The molecule has 7 nitrogen and oxygen atoms in total. The van der Waals surface area contributed by atoms with E-state index in [0.717, 1.165) is 0 Å². The van der Waals surface area contributed by atoms with E-state index in [2.05, 4.69) is 5.32 Å². The van der Waals surface area contributed by atoms with Crippen molar-refractivity contribution in [2.75, 3.05) is 5.32 Å². The van der Waals surface area contributed by atoms with Crippen molar-refractivity contribution in [2.45, 2.75) is 4.90 Å². The summed E-state index contributed by atoms with van der Waals surface area (Å²) in [6.07, 6.45) is 0. The van der Waals surface area contributed by atoms with E-state index < -0.39 is 16.1 Å². The number of nitrogens with one attached hydrogen (secondary N) is 1. The molecule has 0 spiro atoms. The molecule has 0 aliphatic carbocycles. The van der Waals surface area contributed by atoms with Crippen LogP contribution in [0.4, 0.5) is 10.5 Å². The Kier molecular flexibility index (Phi) is 8.95. The Morgan fingerprint density at radius 2 is 1.72 bits per heavy atom. The van der Waals surface area contributed by atoms with E-state index in [0.29, 0.717) is 10.4 Å². The summed E-state index contributed by atoms with van der Waals surface area (Å²) in [6, 6.07) is 7.24. The topological polar surface area (TPSA) is 136 Å². The number of benzene rings is 2. The summed E-state index contributed by atoms with van der Waals surface area (Å²) in [5, 5.41) is 17.2. The van der Waals surface area contributed by atoms with E-state index in [1.807, 2.05) is 0 Å². The fourth-order valence-electron chi connectivity index (χ4n) is 1.65. The Hall–Kier alpha value is -0.0736. The predicted octanol–water partition coefficient (Wildman–Crippen LogP) is 1.97. The Labute approximate surface area is 193 Å². The molecule has 6 N–H and O–H groups in total. The van der Waals surface area contributed by atoms with Crippen LogP contribution in [0.25, 0.3) is 0 Å². The Morgan fingerprint density at radius 1 is 1.12 bits per heavy atom. The molecule has 0 heterocycles. The van der Waals surface area contributed by atoms with Gasteiger partial charge in [-0.15, -0.1) is 0 Å². The molecule has 0 aromatic heterocycles. The van der Waals surface area contributed by atoms with Crippen molar-refractivity contribution >= 4 is 105 Å². The number of phenolic OH excluding ortho intramolecular Hbond substituents is 1. The predicted molar refractivity (Wildman–Crippen MR) is 99.5 cm³/mol. The number of nitrogens with two attached hydrogens (primary N) is 2. The van der Waals surface area contributed by atoms with Crippen LogP contribution in [0.1, 0.15) is 0 Å². The van der Waals surface area contributed by atoms with Gasteiger partial charge in [0.15, 0.2) is 0 Å². The molecule has 12 heteroatoms. The molecule has 0 fully saturated rings. The molecule has 0 unspecified atom stereocenters. The van der Waals surface area contributed by atoms with Crippen LogP contribution in [0.3, 0.4) is 0 Å². The van der Waals surface area contributed by atoms with Gasteiger partial charge in [0, 0.05) is 0 Å². The van der Waals surface area contributed by atoms with E-state index in [9.17, 15) is 18.3 Å². The van der Waals surface area contributed by atoms with Crippen LogP contribution in [0.15, 0.2) is 35.2 Å². The van der Waals surface area contributed by atoms with Crippen molar-refractivity contribution in [3.63, 3.8) is 0 Å². The molecule has 2 amide bonds. The van der Waals surface area contributed by atoms with Crippen molar-refractivity contribution in [3.8, 4) is 5.75 Å². The fourth-order valence-corrected chi connectivity index (χ4v) is 4.18.